The molecule has 0 amide bonds. The largest absolute Gasteiger partial charge is 0.311 e. The molecule has 2 heteroatoms. The number of nitrogens with zero attached hydrogens (tertiary/aromatic N) is 2. The van der Waals surface area contributed by atoms with Gasteiger partial charge in [0.05, 0.1) is 11.1 Å². The summed E-state index contributed by atoms with van der Waals surface area (Å²) < 4.78 is 0. The van der Waals surface area contributed by atoms with Crippen LogP contribution in [0.3, 0.4) is 0 Å². The predicted octanol–water partition coefficient (Wildman–Crippen LogP) is 13.9. The second-order valence-corrected chi connectivity index (χ2v) is 14.4. The number of aromatic nitrogens is 1. The quantitative estimate of drug-likeness (QED) is 0.156. The van der Waals surface area contributed by atoms with Crippen LogP contribution in [0.2, 0.25) is 0 Å². The Kier molecular flexibility index (Phi) is 8.42. The number of hydrogen-bond donors (Lipinski definition) is 0. The average molecular weight is 715 g/mol. The third kappa shape index (κ3) is 5.71. The van der Waals surface area contributed by atoms with E-state index in [1.54, 1.807) is 0 Å². The minimum Gasteiger partial charge on any atom is -0.311 e. The van der Waals surface area contributed by atoms with Gasteiger partial charge < -0.3 is 4.90 Å². The van der Waals surface area contributed by atoms with Crippen LogP contribution < -0.4 is 4.90 Å². The Morgan fingerprint density at radius 2 is 0.750 bits per heavy atom. The van der Waals surface area contributed by atoms with Gasteiger partial charge in [-0.05, 0) is 104 Å². The molecule has 1 unspecified atom stereocenters. The highest BCUT2D eigenvalue weighted by atomic mass is 15.1. The standard InChI is InChI=1S/C54H38N2/c1-4-14-39(15-5-1)41-25-31-47(32-26-41)56(48-33-27-42(28-34-48)40-16-6-2-7-17-40)49-35-29-43(30-36-49)44-18-12-21-46(38-44)54(45-19-8-3-9-20-45)51-23-11-10-22-50(51)53-52(54)24-13-37-55-53/h1-38H. The maximum atomic E-state index is 4.94. The van der Waals surface area contributed by atoms with Gasteiger partial charge in [-0.2, -0.15) is 0 Å². The molecule has 0 aliphatic heterocycles. The first kappa shape index (κ1) is 33.3. The lowest BCUT2D eigenvalue weighted by molar-refractivity contribution is 0.767. The molecule has 264 valence electrons. The van der Waals surface area contributed by atoms with Crippen molar-refractivity contribution in [3.63, 3.8) is 0 Å². The van der Waals surface area contributed by atoms with E-state index in [1.165, 1.54) is 55.6 Å². The Hall–Kier alpha value is -7.29. The minimum absolute atomic E-state index is 0.494. The Morgan fingerprint density at radius 1 is 0.321 bits per heavy atom. The number of anilines is 3. The van der Waals surface area contributed by atoms with Crippen LogP contribution in [0.15, 0.2) is 231 Å². The van der Waals surface area contributed by atoms with Crippen LogP contribution in [0.4, 0.5) is 17.1 Å². The summed E-state index contributed by atoms with van der Waals surface area (Å²) in [6.45, 7) is 0. The molecule has 1 aliphatic rings. The fourth-order valence-electron chi connectivity index (χ4n) is 8.61. The number of pyridine rings is 1. The van der Waals surface area contributed by atoms with Crippen molar-refractivity contribution in [2.24, 2.45) is 0 Å². The van der Waals surface area contributed by atoms with E-state index in [-0.39, 0.29) is 0 Å². The van der Waals surface area contributed by atoms with Crippen molar-refractivity contribution in [2.75, 3.05) is 4.90 Å². The second kappa shape index (κ2) is 14.2. The van der Waals surface area contributed by atoms with Crippen LogP contribution in [0.1, 0.15) is 22.3 Å². The Bertz CT molecular complexity index is 2630. The van der Waals surface area contributed by atoms with Gasteiger partial charge in [0.25, 0.3) is 0 Å². The van der Waals surface area contributed by atoms with Gasteiger partial charge in [0.2, 0.25) is 0 Å². The molecule has 0 saturated heterocycles. The zero-order valence-electron chi connectivity index (χ0n) is 30.8. The van der Waals surface area contributed by atoms with Gasteiger partial charge in [-0.1, -0.05) is 176 Å². The second-order valence-electron chi connectivity index (χ2n) is 14.4. The molecule has 1 aliphatic carbocycles. The maximum absolute atomic E-state index is 4.94. The molecule has 0 N–H and O–H groups in total. The zero-order chi connectivity index (χ0) is 37.3. The topological polar surface area (TPSA) is 16.1 Å². The molecule has 2 nitrogen and oxygen atoms in total. The molecule has 0 fully saturated rings. The molecule has 1 aromatic heterocycles. The van der Waals surface area contributed by atoms with Gasteiger partial charge in [-0.25, -0.2) is 0 Å². The molecule has 0 saturated carbocycles. The Balaban J connectivity index is 1.05. The highest BCUT2D eigenvalue weighted by Gasteiger charge is 2.46. The van der Waals surface area contributed by atoms with E-state index < -0.39 is 5.41 Å². The van der Waals surface area contributed by atoms with Crippen molar-refractivity contribution in [3.05, 3.63) is 253 Å². The first-order chi connectivity index (χ1) is 27.8. The van der Waals surface area contributed by atoms with Crippen LogP contribution in [0.25, 0.3) is 44.6 Å². The summed E-state index contributed by atoms with van der Waals surface area (Å²) in [7, 11) is 0. The van der Waals surface area contributed by atoms with Crippen molar-refractivity contribution in [1.82, 2.24) is 4.98 Å². The fourth-order valence-corrected chi connectivity index (χ4v) is 8.61. The minimum atomic E-state index is -0.494. The van der Waals surface area contributed by atoms with Crippen LogP contribution in [0, 0.1) is 0 Å². The first-order valence-corrected chi connectivity index (χ1v) is 19.2. The van der Waals surface area contributed by atoms with E-state index >= 15 is 0 Å². The Morgan fingerprint density at radius 3 is 1.32 bits per heavy atom. The monoisotopic (exact) mass is 714 g/mol. The lowest BCUT2D eigenvalue weighted by Crippen LogP contribution is -2.28. The molecule has 0 bridgehead atoms. The van der Waals surface area contributed by atoms with Crippen LogP contribution in [0.5, 0.6) is 0 Å². The molecular weight excluding hydrogens is 677 g/mol. The Labute approximate surface area is 328 Å². The summed E-state index contributed by atoms with van der Waals surface area (Å²) in [5.41, 5.74) is 17.1. The van der Waals surface area contributed by atoms with Crippen LogP contribution in [-0.2, 0) is 5.41 Å². The molecule has 1 atom stereocenters. The summed E-state index contributed by atoms with van der Waals surface area (Å²) in [4.78, 5) is 7.28. The van der Waals surface area contributed by atoms with E-state index in [1.807, 2.05) is 6.20 Å². The lowest BCUT2D eigenvalue weighted by atomic mass is 9.67. The van der Waals surface area contributed by atoms with Gasteiger partial charge in [0.1, 0.15) is 0 Å². The van der Waals surface area contributed by atoms with Crippen molar-refractivity contribution >= 4 is 17.1 Å². The van der Waals surface area contributed by atoms with Gasteiger partial charge in [0, 0.05) is 28.8 Å². The van der Waals surface area contributed by atoms with E-state index in [0.29, 0.717) is 0 Å². The third-order valence-corrected chi connectivity index (χ3v) is 11.2. The van der Waals surface area contributed by atoms with E-state index in [9.17, 15) is 0 Å². The summed E-state index contributed by atoms with van der Waals surface area (Å²) in [5, 5.41) is 0. The van der Waals surface area contributed by atoms with Crippen molar-refractivity contribution in [3.8, 4) is 44.6 Å². The van der Waals surface area contributed by atoms with Gasteiger partial charge in [-0.3, -0.25) is 4.98 Å². The third-order valence-electron chi connectivity index (χ3n) is 11.2. The molecule has 56 heavy (non-hydrogen) atoms. The van der Waals surface area contributed by atoms with E-state index in [4.69, 9.17) is 4.98 Å². The van der Waals surface area contributed by atoms with Gasteiger partial charge >= 0.3 is 0 Å². The van der Waals surface area contributed by atoms with Crippen LogP contribution >= 0.6 is 0 Å². The number of benzene rings is 8. The zero-order valence-corrected chi connectivity index (χ0v) is 30.8. The molecule has 0 spiro atoms. The predicted molar refractivity (Wildman–Crippen MR) is 233 cm³/mol. The highest BCUT2D eigenvalue weighted by molar-refractivity contribution is 5.85. The van der Waals surface area contributed by atoms with Crippen LogP contribution in [-0.4, -0.2) is 4.98 Å². The van der Waals surface area contributed by atoms with Gasteiger partial charge in [0.15, 0.2) is 0 Å². The molecular formula is C54H38N2. The van der Waals surface area contributed by atoms with Gasteiger partial charge in [-0.15, -0.1) is 0 Å². The number of rotatable bonds is 8. The normalized spacial score (nSPS) is 14.1. The lowest BCUT2D eigenvalue weighted by Gasteiger charge is -2.33. The van der Waals surface area contributed by atoms with Crippen molar-refractivity contribution in [1.29, 1.82) is 0 Å². The van der Waals surface area contributed by atoms with Crippen molar-refractivity contribution in [2.45, 2.75) is 5.41 Å². The average Bonchev–Trinajstić information content (AvgIpc) is 3.59. The molecule has 0 radical (unpaired) electrons. The van der Waals surface area contributed by atoms with E-state index in [0.717, 1.165) is 28.3 Å². The van der Waals surface area contributed by atoms with E-state index in [2.05, 4.69) is 229 Å². The maximum Gasteiger partial charge on any atom is 0.0753 e. The molecule has 1 heterocycles. The summed E-state index contributed by atoms with van der Waals surface area (Å²) in [5.74, 6) is 0. The summed E-state index contributed by atoms with van der Waals surface area (Å²) in [6, 6.07) is 80.9. The molecule has 10 rings (SSSR count). The fraction of sp³-hybridized carbons (Fsp3) is 0.0185. The summed E-state index contributed by atoms with van der Waals surface area (Å²) >= 11 is 0. The number of fused-ring (bicyclic) bond motifs is 3. The molecule has 8 aromatic carbocycles. The summed E-state index contributed by atoms with van der Waals surface area (Å²) in [6.07, 6.45) is 1.91. The highest BCUT2D eigenvalue weighted by Crippen LogP contribution is 2.55. The van der Waals surface area contributed by atoms with Crippen molar-refractivity contribution < 1.29 is 0 Å². The number of hydrogen-bond acceptors (Lipinski definition) is 2. The molecule has 9 aromatic rings. The first-order valence-electron chi connectivity index (χ1n) is 19.2. The smallest absolute Gasteiger partial charge is 0.0753 e. The SMILES string of the molecule is c1ccc(-c2ccc(N(c3ccc(-c4ccccc4)cc3)c3ccc(-c4cccc(C5(c6ccccc6)c6ccccc6-c6ncccc65)c4)cc3)cc2)cc1.